The predicted molar refractivity (Wildman–Crippen MR) is 94.4 cm³/mol. The number of hydrogen-bond donors (Lipinski definition) is 0. The van der Waals surface area contributed by atoms with Crippen LogP contribution in [-0.2, 0) is 14.9 Å². The molecule has 5 heteroatoms. The van der Waals surface area contributed by atoms with Gasteiger partial charge in [0.15, 0.2) is 23.7 Å². The fraction of sp³-hybridized carbons (Fsp3) is 0.714. The van der Waals surface area contributed by atoms with E-state index in [0.717, 1.165) is 51.4 Å². The van der Waals surface area contributed by atoms with Gasteiger partial charge < -0.3 is 9.47 Å². The molecule has 1 aromatic carbocycles. The van der Waals surface area contributed by atoms with Crippen molar-refractivity contribution >= 4 is 0 Å². The average Bonchev–Trinajstić information content (AvgIpc) is 2.66. The van der Waals surface area contributed by atoms with Crippen molar-refractivity contribution in [3.63, 3.8) is 0 Å². The molecule has 146 valence electrons. The van der Waals surface area contributed by atoms with Gasteiger partial charge in [0.2, 0.25) is 0 Å². The normalized spacial score (nSPS) is 26.0. The van der Waals surface area contributed by atoms with Gasteiger partial charge in [-0.1, -0.05) is 32.6 Å². The molecule has 1 saturated heterocycles. The zero-order chi connectivity index (χ0) is 18.6. The number of ether oxygens (including phenoxy) is 2. The molecule has 0 radical (unpaired) electrons. The molecule has 0 atom stereocenters. The van der Waals surface area contributed by atoms with Crippen LogP contribution in [-0.4, -0.2) is 19.5 Å². The Morgan fingerprint density at radius 2 is 1.58 bits per heavy atom. The molecule has 1 aliphatic carbocycles. The van der Waals surface area contributed by atoms with Crippen molar-refractivity contribution in [1.82, 2.24) is 0 Å². The number of hydrogen-bond acceptors (Lipinski definition) is 2. The standard InChI is InChI=1S/C21H29F3O2/c1-2-6-15-13-25-19(26-14-15)7-10-21(8-4-3-5-9-21)16-11-17(22)20(24)18(23)12-16/h11-12,15,19H,2-10,13-14H2,1H3. The van der Waals surface area contributed by atoms with Gasteiger partial charge in [-0.3, -0.25) is 0 Å². The summed E-state index contributed by atoms with van der Waals surface area (Å²) in [6, 6.07) is 2.37. The van der Waals surface area contributed by atoms with Gasteiger partial charge >= 0.3 is 0 Å². The van der Waals surface area contributed by atoms with Gasteiger partial charge in [0.1, 0.15) is 0 Å². The molecule has 2 nitrogen and oxygen atoms in total. The maximum Gasteiger partial charge on any atom is 0.194 e. The third-order valence-corrected chi connectivity index (χ3v) is 6.00. The summed E-state index contributed by atoms with van der Waals surface area (Å²) in [5.74, 6) is -3.13. The number of benzene rings is 1. The molecule has 1 saturated carbocycles. The van der Waals surface area contributed by atoms with Crippen molar-refractivity contribution < 1.29 is 22.6 Å². The third kappa shape index (κ3) is 4.42. The molecule has 0 bridgehead atoms. The van der Waals surface area contributed by atoms with Gasteiger partial charge in [-0.05, 0) is 55.2 Å². The largest absolute Gasteiger partial charge is 0.352 e. The summed E-state index contributed by atoms with van der Waals surface area (Å²) in [7, 11) is 0. The van der Waals surface area contributed by atoms with E-state index in [9.17, 15) is 13.2 Å². The molecular formula is C21H29F3O2. The molecule has 0 N–H and O–H groups in total. The van der Waals surface area contributed by atoms with Gasteiger partial charge in [-0.15, -0.1) is 0 Å². The van der Waals surface area contributed by atoms with E-state index in [1.54, 1.807) is 0 Å². The van der Waals surface area contributed by atoms with Crippen LogP contribution in [0.5, 0.6) is 0 Å². The van der Waals surface area contributed by atoms with Gasteiger partial charge in [0.25, 0.3) is 0 Å². The first-order chi connectivity index (χ1) is 12.5. The third-order valence-electron chi connectivity index (χ3n) is 6.00. The van der Waals surface area contributed by atoms with Crippen molar-refractivity contribution in [2.75, 3.05) is 13.2 Å². The molecule has 0 spiro atoms. The van der Waals surface area contributed by atoms with Crippen LogP contribution < -0.4 is 0 Å². The van der Waals surface area contributed by atoms with Gasteiger partial charge in [0.05, 0.1) is 13.2 Å². The van der Waals surface area contributed by atoms with Crippen LogP contribution in [0.2, 0.25) is 0 Å². The molecular weight excluding hydrogens is 341 g/mol. The monoisotopic (exact) mass is 370 g/mol. The minimum Gasteiger partial charge on any atom is -0.352 e. The first kappa shape index (κ1) is 19.7. The number of rotatable bonds is 6. The molecule has 1 aliphatic heterocycles. The zero-order valence-corrected chi connectivity index (χ0v) is 15.5. The van der Waals surface area contributed by atoms with Crippen LogP contribution in [0.15, 0.2) is 12.1 Å². The lowest BCUT2D eigenvalue weighted by Gasteiger charge is -2.39. The molecule has 1 aromatic rings. The Kier molecular flexibility index (Phi) is 6.62. The Morgan fingerprint density at radius 1 is 0.962 bits per heavy atom. The summed E-state index contributed by atoms with van der Waals surface area (Å²) in [4.78, 5) is 0. The highest BCUT2D eigenvalue weighted by Gasteiger charge is 2.36. The first-order valence-corrected chi connectivity index (χ1v) is 9.92. The van der Waals surface area contributed by atoms with Crippen molar-refractivity contribution in [2.45, 2.75) is 76.4 Å². The molecule has 2 aliphatic rings. The average molecular weight is 370 g/mol. The van der Waals surface area contributed by atoms with Crippen molar-refractivity contribution in [2.24, 2.45) is 5.92 Å². The van der Waals surface area contributed by atoms with Crippen molar-refractivity contribution in [1.29, 1.82) is 0 Å². The van der Waals surface area contributed by atoms with Crippen LogP contribution in [0.3, 0.4) is 0 Å². The lowest BCUT2D eigenvalue weighted by atomic mass is 9.67. The Balaban J connectivity index is 1.69. The Labute approximate surface area is 154 Å². The molecule has 1 heterocycles. The lowest BCUT2D eigenvalue weighted by molar-refractivity contribution is -0.205. The molecule has 0 amide bonds. The molecule has 0 aromatic heterocycles. The summed E-state index contributed by atoms with van der Waals surface area (Å²) in [5, 5.41) is 0. The molecule has 3 rings (SSSR count). The second kappa shape index (κ2) is 8.75. The van der Waals surface area contributed by atoms with Crippen molar-refractivity contribution in [3.05, 3.63) is 35.1 Å². The highest BCUT2D eigenvalue weighted by Crippen LogP contribution is 2.44. The Bertz CT molecular complexity index is 568. The molecule has 2 fully saturated rings. The highest BCUT2D eigenvalue weighted by atomic mass is 19.2. The Morgan fingerprint density at radius 3 is 2.15 bits per heavy atom. The van der Waals surface area contributed by atoms with E-state index in [1.165, 1.54) is 12.1 Å². The van der Waals surface area contributed by atoms with Crippen molar-refractivity contribution in [3.8, 4) is 0 Å². The van der Waals surface area contributed by atoms with Gasteiger partial charge in [0, 0.05) is 5.92 Å². The second-order valence-corrected chi connectivity index (χ2v) is 7.88. The van der Waals surface area contributed by atoms with E-state index in [0.29, 0.717) is 31.1 Å². The summed E-state index contributed by atoms with van der Waals surface area (Å²) in [5.41, 5.74) is 0.258. The van der Waals surface area contributed by atoms with Gasteiger partial charge in [-0.25, -0.2) is 13.2 Å². The van der Waals surface area contributed by atoms with E-state index in [2.05, 4.69) is 6.92 Å². The molecule has 0 unspecified atom stereocenters. The predicted octanol–water partition coefficient (Wildman–Crippen LogP) is 5.88. The van der Waals surface area contributed by atoms with Crippen LogP contribution in [0.4, 0.5) is 13.2 Å². The maximum atomic E-state index is 13.8. The van der Waals surface area contributed by atoms with Crippen LogP contribution in [0.1, 0.15) is 70.3 Å². The topological polar surface area (TPSA) is 18.5 Å². The second-order valence-electron chi connectivity index (χ2n) is 7.88. The highest BCUT2D eigenvalue weighted by molar-refractivity contribution is 5.28. The van der Waals surface area contributed by atoms with E-state index < -0.39 is 17.5 Å². The summed E-state index contributed by atoms with van der Waals surface area (Å²) in [6.07, 6.45) is 8.29. The zero-order valence-electron chi connectivity index (χ0n) is 15.5. The van der Waals surface area contributed by atoms with E-state index in [1.807, 2.05) is 0 Å². The number of halogens is 3. The van der Waals surface area contributed by atoms with E-state index in [4.69, 9.17) is 9.47 Å². The minimum atomic E-state index is -1.39. The van der Waals surface area contributed by atoms with Gasteiger partial charge in [-0.2, -0.15) is 0 Å². The van der Waals surface area contributed by atoms with Crippen LogP contribution >= 0.6 is 0 Å². The van der Waals surface area contributed by atoms with Crippen LogP contribution in [0.25, 0.3) is 0 Å². The van der Waals surface area contributed by atoms with E-state index >= 15 is 0 Å². The Hall–Kier alpha value is -1.07. The maximum absolute atomic E-state index is 13.8. The lowest BCUT2D eigenvalue weighted by Crippen LogP contribution is -2.35. The first-order valence-electron chi connectivity index (χ1n) is 9.92. The minimum absolute atomic E-state index is 0.253. The molecule has 26 heavy (non-hydrogen) atoms. The fourth-order valence-electron chi connectivity index (χ4n) is 4.49. The summed E-state index contributed by atoms with van der Waals surface area (Å²) in [6.45, 7) is 3.58. The van der Waals surface area contributed by atoms with Crippen LogP contribution in [0, 0.1) is 23.4 Å². The SMILES string of the molecule is CCCC1COC(CCC2(c3cc(F)c(F)c(F)c3)CCCCC2)OC1. The smallest absolute Gasteiger partial charge is 0.194 e. The summed E-state index contributed by atoms with van der Waals surface area (Å²) < 4.78 is 52.7. The van der Waals surface area contributed by atoms with E-state index in [-0.39, 0.29) is 11.7 Å². The summed E-state index contributed by atoms with van der Waals surface area (Å²) >= 11 is 0. The fourth-order valence-corrected chi connectivity index (χ4v) is 4.49. The quantitative estimate of drug-likeness (QED) is 0.583.